The van der Waals surface area contributed by atoms with Crippen molar-refractivity contribution in [1.29, 1.82) is 0 Å². The molecule has 0 bridgehead atoms. The Balaban J connectivity index is 2.54. The maximum Gasteiger partial charge on any atom is 0.389 e. The lowest BCUT2D eigenvalue weighted by atomic mass is 10.2. The number of benzene rings is 1. The van der Waals surface area contributed by atoms with E-state index in [1.807, 2.05) is 0 Å². The lowest BCUT2D eigenvalue weighted by Gasteiger charge is -2.10. The van der Waals surface area contributed by atoms with Crippen molar-refractivity contribution in [2.45, 2.75) is 36.9 Å². The van der Waals surface area contributed by atoms with E-state index in [1.54, 1.807) is 6.07 Å². The highest BCUT2D eigenvalue weighted by Gasteiger charge is 2.26. The number of unbranched alkanes of at least 4 members (excludes halogenated alkanes) is 1. The molecule has 0 amide bonds. The average molecular weight is 311 g/mol. The summed E-state index contributed by atoms with van der Waals surface area (Å²) in [7, 11) is -3.81. The van der Waals surface area contributed by atoms with Gasteiger partial charge >= 0.3 is 6.18 Å². The van der Waals surface area contributed by atoms with E-state index >= 15 is 0 Å². The molecule has 8 heteroatoms. The maximum absolute atomic E-state index is 11.9. The zero-order valence-electron chi connectivity index (χ0n) is 10.7. The smallest absolute Gasteiger partial charge is 0.389 e. The van der Waals surface area contributed by atoms with Gasteiger partial charge in [-0.25, -0.2) is 13.1 Å². The summed E-state index contributed by atoms with van der Waals surface area (Å²) >= 11 is 0. The number of aliphatic hydroxyl groups excluding tert-OH is 1. The van der Waals surface area contributed by atoms with Crippen LogP contribution in [0.25, 0.3) is 0 Å². The second kappa shape index (κ2) is 7.05. The van der Waals surface area contributed by atoms with E-state index in [-0.39, 0.29) is 29.8 Å². The molecular weight excluding hydrogens is 295 g/mol. The largest absolute Gasteiger partial charge is 0.392 e. The minimum atomic E-state index is -4.22. The number of sulfonamides is 1. The quantitative estimate of drug-likeness (QED) is 0.759. The highest BCUT2D eigenvalue weighted by Crippen LogP contribution is 2.22. The molecule has 4 nitrogen and oxygen atoms in total. The maximum atomic E-state index is 11.9. The van der Waals surface area contributed by atoms with Gasteiger partial charge < -0.3 is 5.11 Å². The summed E-state index contributed by atoms with van der Waals surface area (Å²) < 4.78 is 61.8. The van der Waals surface area contributed by atoms with Crippen molar-refractivity contribution in [2.75, 3.05) is 6.54 Å². The van der Waals surface area contributed by atoms with Gasteiger partial charge in [-0.1, -0.05) is 18.2 Å². The van der Waals surface area contributed by atoms with E-state index in [0.29, 0.717) is 0 Å². The van der Waals surface area contributed by atoms with E-state index in [0.717, 1.165) is 0 Å². The van der Waals surface area contributed by atoms with E-state index < -0.39 is 29.2 Å². The molecule has 1 aromatic carbocycles. The second-order valence-electron chi connectivity index (χ2n) is 4.24. The lowest BCUT2D eigenvalue weighted by Crippen LogP contribution is -2.26. The van der Waals surface area contributed by atoms with Gasteiger partial charge in [0.25, 0.3) is 0 Å². The topological polar surface area (TPSA) is 66.4 Å². The first-order valence-corrected chi connectivity index (χ1v) is 7.50. The summed E-state index contributed by atoms with van der Waals surface area (Å²) in [5, 5.41) is 9.06. The van der Waals surface area contributed by atoms with E-state index in [1.165, 1.54) is 18.2 Å². The van der Waals surface area contributed by atoms with Crippen LogP contribution < -0.4 is 4.72 Å². The van der Waals surface area contributed by atoms with Gasteiger partial charge in [-0.3, -0.25) is 0 Å². The molecule has 0 saturated carbocycles. The van der Waals surface area contributed by atoms with Gasteiger partial charge in [0.15, 0.2) is 0 Å². The van der Waals surface area contributed by atoms with Crippen LogP contribution in [-0.2, 0) is 16.6 Å². The van der Waals surface area contributed by atoms with Crippen LogP contribution in [0.5, 0.6) is 0 Å². The molecule has 0 spiro atoms. The van der Waals surface area contributed by atoms with E-state index in [2.05, 4.69) is 4.72 Å². The summed E-state index contributed by atoms with van der Waals surface area (Å²) in [6.45, 7) is -0.497. The lowest BCUT2D eigenvalue weighted by molar-refractivity contribution is -0.135. The molecule has 0 radical (unpaired) electrons. The van der Waals surface area contributed by atoms with Crippen molar-refractivity contribution in [1.82, 2.24) is 4.72 Å². The van der Waals surface area contributed by atoms with Crippen molar-refractivity contribution in [2.24, 2.45) is 0 Å². The Kier molecular flexibility index (Phi) is 5.97. The highest BCUT2D eigenvalue weighted by atomic mass is 32.2. The Bertz CT molecular complexity index is 529. The van der Waals surface area contributed by atoms with Gasteiger partial charge in [0.1, 0.15) is 0 Å². The van der Waals surface area contributed by atoms with Crippen molar-refractivity contribution >= 4 is 10.0 Å². The fourth-order valence-electron chi connectivity index (χ4n) is 1.63. The summed E-state index contributed by atoms with van der Waals surface area (Å²) in [5.74, 6) is 0. The number of rotatable bonds is 7. The Morgan fingerprint density at radius 3 is 2.40 bits per heavy atom. The first-order chi connectivity index (χ1) is 9.26. The van der Waals surface area contributed by atoms with Crippen LogP contribution in [0.1, 0.15) is 24.8 Å². The Labute approximate surface area is 115 Å². The van der Waals surface area contributed by atoms with Gasteiger partial charge in [-0.15, -0.1) is 0 Å². The van der Waals surface area contributed by atoms with Crippen molar-refractivity contribution in [3.63, 3.8) is 0 Å². The van der Waals surface area contributed by atoms with Gasteiger partial charge in [0, 0.05) is 13.0 Å². The van der Waals surface area contributed by atoms with E-state index in [4.69, 9.17) is 5.11 Å². The molecule has 0 unspecified atom stereocenters. The van der Waals surface area contributed by atoms with Crippen LogP contribution in [-0.4, -0.2) is 26.2 Å². The van der Waals surface area contributed by atoms with Crippen molar-refractivity contribution in [3.8, 4) is 0 Å². The second-order valence-corrected chi connectivity index (χ2v) is 5.97. The van der Waals surface area contributed by atoms with Crippen LogP contribution >= 0.6 is 0 Å². The summed E-state index contributed by atoms with van der Waals surface area (Å²) in [6.07, 6.45) is -5.18. The molecule has 0 aromatic heterocycles. The number of hydrogen-bond acceptors (Lipinski definition) is 3. The molecule has 0 saturated heterocycles. The molecule has 114 valence electrons. The van der Waals surface area contributed by atoms with Crippen LogP contribution in [0, 0.1) is 0 Å². The summed E-state index contributed by atoms with van der Waals surface area (Å²) in [5.41, 5.74) is 0.246. The first kappa shape index (κ1) is 16.9. The minimum absolute atomic E-state index is 0.0571. The molecule has 1 rings (SSSR count). The molecule has 0 aliphatic carbocycles. The molecule has 20 heavy (non-hydrogen) atoms. The Hall–Kier alpha value is -1.12. The number of hydrogen-bond donors (Lipinski definition) is 2. The standard InChI is InChI=1S/C12H16F3NO3S/c13-12(14,15)7-3-4-8-16-20(18,19)11-6-2-1-5-10(11)9-17/h1-2,5-6,16-17H,3-4,7-9H2. The van der Waals surface area contributed by atoms with Gasteiger partial charge in [0.2, 0.25) is 10.0 Å². The molecule has 0 aliphatic heterocycles. The first-order valence-electron chi connectivity index (χ1n) is 6.01. The molecule has 1 aromatic rings. The third kappa shape index (κ3) is 5.48. The predicted octanol–water partition coefficient (Wildman–Crippen LogP) is 2.19. The zero-order chi connectivity index (χ0) is 15.2. The third-order valence-electron chi connectivity index (χ3n) is 2.61. The Morgan fingerprint density at radius 1 is 1.15 bits per heavy atom. The average Bonchev–Trinajstić information content (AvgIpc) is 2.36. The van der Waals surface area contributed by atoms with Crippen LogP contribution in [0.4, 0.5) is 13.2 Å². The molecule has 0 fully saturated rings. The fraction of sp³-hybridized carbons (Fsp3) is 0.500. The summed E-state index contributed by atoms with van der Waals surface area (Å²) in [4.78, 5) is -0.0571. The number of alkyl halides is 3. The molecule has 2 N–H and O–H groups in total. The van der Waals surface area contributed by atoms with Gasteiger partial charge in [-0.2, -0.15) is 13.2 Å². The highest BCUT2D eigenvalue weighted by molar-refractivity contribution is 7.89. The third-order valence-corrected chi connectivity index (χ3v) is 4.17. The number of halogens is 3. The molecule has 0 heterocycles. The fourth-order valence-corrected chi connectivity index (χ4v) is 2.94. The zero-order valence-corrected chi connectivity index (χ0v) is 11.5. The SMILES string of the molecule is O=S(=O)(NCCCCC(F)(F)F)c1ccccc1CO. The molecule has 0 atom stereocenters. The number of nitrogens with one attached hydrogen (secondary N) is 1. The van der Waals surface area contributed by atoms with E-state index in [9.17, 15) is 21.6 Å². The van der Waals surface area contributed by atoms with Crippen LogP contribution in [0.15, 0.2) is 29.2 Å². The number of aliphatic hydroxyl groups is 1. The van der Waals surface area contributed by atoms with Crippen molar-refractivity contribution in [3.05, 3.63) is 29.8 Å². The van der Waals surface area contributed by atoms with Gasteiger partial charge in [-0.05, 0) is 24.5 Å². The Morgan fingerprint density at radius 2 is 1.80 bits per heavy atom. The normalized spacial score (nSPS) is 12.6. The van der Waals surface area contributed by atoms with Crippen LogP contribution in [0.2, 0.25) is 0 Å². The monoisotopic (exact) mass is 311 g/mol. The van der Waals surface area contributed by atoms with Gasteiger partial charge in [0.05, 0.1) is 11.5 Å². The minimum Gasteiger partial charge on any atom is -0.392 e. The van der Waals surface area contributed by atoms with Crippen LogP contribution in [0.3, 0.4) is 0 Å². The molecule has 0 aliphatic rings. The molecular formula is C12H16F3NO3S. The predicted molar refractivity (Wildman–Crippen MR) is 67.5 cm³/mol. The van der Waals surface area contributed by atoms with Crippen molar-refractivity contribution < 1.29 is 26.7 Å². The summed E-state index contributed by atoms with van der Waals surface area (Å²) in [6, 6.07) is 5.91.